The first kappa shape index (κ1) is 11.4. The largest absolute Gasteiger partial charge is 0.379 e. The van der Waals surface area contributed by atoms with Crippen molar-refractivity contribution in [3.05, 3.63) is 36.0 Å². The first-order valence-corrected chi connectivity index (χ1v) is 6.29. The summed E-state index contributed by atoms with van der Waals surface area (Å²) >= 11 is 0. The Morgan fingerprint density at radius 2 is 2.00 bits per heavy atom. The van der Waals surface area contributed by atoms with E-state index >= 15 is 0 Å². The first-order chi connectivity index (χ1) is 8.83. The van der Waals surface area contributed by atoms with E-state index in [2.05, 4.69) is 27.6 Å². The molecule has 18 heavy (non-hydrogen) atoms. The van der Waals surface area contributed by atoms with Crippen LogP contribution in [0.25, 0.3) is 10.9 Å². The monoisotopic (exact) mass is 243 g/mol. The highest BCUT2D eigenvalue weighted by Gasteiger charge is 2.11. The summed E-state index contributed by atoms with van der Waals surface area (Å²) in [6.45, 7) is 5.42. The van der Waals surface area contributed by atoms with Gasteiger partial charge in [-0.1, -0.05) is 18.2 Å². The quantitative estimate of drug-likeness (QED) is 0.877. The van der Waals surface area contributed by atoms with Crippen molar-refractivity contribution in [3.8, 4) is 0 Å². The highest BCUT2D eigenvalue weighted by molar-refractivity contribution is 5.91. The molecule has 2 heterocycles. The van der Waals surface area contributed by atoms with E-state index in [4.69, 9.17) is 4.74 Å². The number of para-hydroxylation sites is 1. The van der Waals surface area contributed by atoms with E-state index < -0.39 is 0 Å². The molecule has 0 spiro atoms. The maximum absolute atomic E-state index is 5.35. The molecule has 1 N–H and O–H groups in total. The lowest BCUT2D eigenvalue weighted by Crippen LogP contribution is -2.40. The number of nitrogens with zero attached hydrogens (tertiary/aromatic N) is 2. The van der Waals surface area contributed by atoms with E-state index in [9.17, 15) is 0 Å². The third kappa shape index (κ3) is 2.30. The van der Waals surface area contributed by atoms with Crippen molar-refractivity contribution >= 4 is 16.6 Å². The molecule has 1 saturated heterocycles. The van der Waals surface area contributed by atoms with Gasteiger partial charge in [0.1, 0.15) is 0 Å². The van der Waals surface area contributed by atoms with E-state index in [1.54, 1.807) is 0 Å². The van der Waals surface area contributed by atoms with E-state index in [-0.39, 0.29) is 0 Å². The Labute approximate surface area is 107 Å². The zero-order valence-corrected chi connectivity index (χ0v) is 10.5. The summed E-state index contributed by atoms with van der Waals surface area (Å²) in [4.78, 5) is 4.55. The highest BCUT2D eigenvalue weighted by Crippen LogP contribution is 2.23. The molecule has 1 aliphatic heterocycles. The number of morpholine rings is 1. The number of hydrogen-bond acceptors (Lipinski definition) is 4. The number of aryl methyl sites for hydroxylation is 1. The number of hydrogen-bond donors (Lipinski definition) is 1. The van der Waals surface area contributed by atoms with Crippen LogP contribution in [0.3, 0.4) is 0 Å². The average molecular weight is 243 g/mol. The van der Waals surface area contributed by atoms with Crippen molar-refractivity contribution in [1.82, 2.24) is 9.99 Å². The van der Waals surface area contributed by atoms with Crippen molar-refractivity contribution in [2.24, 2.45) is 0 Å². The molecule has 0 unspecified atom stereocenters. The second kappa shape index (κ2) is 4.92. The van der Waals surface area contributed by atoms with Crippen LogP contribution in [0.1, 0.15) is 5.69 Å². The summed E-state index contributed by atoms with van der Waals surface area (Å²) in [5, 5.41) is 3.36. The van der Waals surface area contributed by atoms with Crippen LogP contribution >= 0.6 is 0 Å². The normalized spacial score (nSPS) is 16.9. The van der Waals surface area contributed by atoms with Crippen molar-refractivity contribution in [1.29, 1.82) is 0 Å². The number of rotatable bonds is 2. The molecule has 0 radical (unpaired) electrons. The number of benzene rings is 1. The fourth-order valence-electron chi connectivity index (χ4n) is 2.25. The molecule has 3 rings (SSSR count). The molecule has 1 fully saturated rings. The molecule has 0 atom stereocenters. The predicted molar refractivity (Wildman–Crippen MR) is 72.5 cm³/mol. The Balaban J connectivity index is 1.94. The molecule has 0 saturated carbocycles. The minimum absolute atomic E-state index is 0.787. The summed E-state index contributed by atoms with van der Waals surface area (Å²) in [5.41, 5.74) is 6.67. The van der Waals surface area contributed by atoms with Crippen LogP contribution in [-0.2, 0) is 4.74 Å². The van der Waals surface area contributed by atoms with Gasteiger partial charge in [-0.05, 0) is 19.1 Å². The lowest BCUT2D eigenvalue weighted by molar-refractivity contribution is 0.0497. The van der Waals surface area contributed by atoms with E-state index in [0.29, 0.717) is 0 Å². The number of fused-ring (bicyclic) bond motifs is 1. The summed E-state index contributed by atoms with van der Waals surface area (Å²) in [7, 11) is 0. The fourth-order valence-corrected chi connectivity index (χ4v) is 2.25. The van der Waals surface area contributed by atoms with Crippen LogP contribution in [0.2, 0.25) is 0 Å². The summed E-state index contributed by atoms with van der Waals surface area (Å²) in [5.74, 6) is 0. The number of pyridine rings is 1. The van der Waals surface area contributed by atoms with Gasteiger partial charge in [0.25, 0.3) is 0 Å². The summed E-state index contributed by atoms with van der Waals surface area (Å²) in [6, 6.07) is 10.3. The van der Waals surface area contributed by atoms with Crippen LogP contribution in [0.4, 0.5) is 5.69 Å². The number of aromatic nitrogens is 1. The van der Waals surface area contributed by atoms with Crippen molar-refractivity contribution in [3.63, 3.8) is 0 Å². The molecule has 0 aliphatic carbocycles. The van der Waals surface area contributed by atoms with Gasteiger partial charge in [-0.25, -0.2) is 5.01 Å². The van der Waals surface area contributed by atoms with Gasteiger partial charge in [-0.15, -0.1) is 0 Å². The van der Waals surface area contributed by atoms with Gasteiger partial charge in [0.05, 0.1) is 24.4 Å². The molecule has 1 aromatic heterocycles. The second-order valence-corrected chi connectivity index (χ2v) is 4.54. The molecule has 4 nitrogen and oxygen atoms in total. The minimum Gasteiger partial charge on any atom is -0.379 e. The Bertz CT molecular complexity index is 550. The van der Waals surface area contributed by atoms with Crippen LogP contribution < -0.4 is 5.43 Å². The van der Waals surface area contributed by atoms with Gasteiger partial charge in [0.15, 0.2) is 0 Å². The summed E-state index contributed by atoms with van der Waals surface area (Å²) < 4.78 is 5.35. The third-order valence-electron chi connectivity index (χ3n) is 3.13. The molecule has 1 aromatic carbocycles. The van der Waals surface area contributed by atoms with Crippen LogP contribution in [-0.4, -0.2) is 36.3 Å². The zero-order chi connectivity index (χ0) is 12.4. The number of ether oxygens (including phenoxy) is 1. The van der Waals surface area contributed by atoms with Crippen molar-refractivity contribution in [2.75, 3.05) is 31.7 Å². The SMILES string of the molecule is Cc1cc(NN2CCOCC2)c2ccccc2n1. The Hall–Kier alpha value is -1.65. The number of nitrogens with one attached hydrogen (secondary N) is 1. The highest BCUT2D eigenvalue weighted by atomic mass is 16.5. The summed E-state index contributed by atoms with van der Waals surface area (Å²) in [6.07, 6.45) is 0. The number of hydrazine groups is 1. The second-order valence-electron chi connectivity index (χ2n) is 4.54. The topological polar surface area (TPSA) is 37.4 Å². The van der Waals surface area contributed by atoms with Gasteiger partial charge in [0, 0.05) is 24.2 Å². The number of anilines is 1. The Kier molecular flexibility index (Phi) is 3.13. The van der Waals surface area contributed by atoms with Gasteiger partial charge in [0.2, 0.25) is 0 Å². The maximum Gasteiger partial charge on any atom is 0.0726 e. The molecular formula is C14H17N3O. The lowest BCUT2D eigenvalue weighted by Gasteiger charge is -2.28. The molecule has 1 aliphatic rings. The minimum atomic E-state index is 0.787. The van der Waals surface area contributed by atoms with Crippen LogP contribution in [0.15, 0.2) is 30.3 Å². The van der Waals surface area contributed by atoms with Gasteiger partial charge in [-0.2, -0.15) is 0 Å². The Morgan fingerprint density at radius 3 is 2.83 bits per heavy atom. The predicted octanol–water partition coefficient (Wildman–Crippen LogP) is 2.20. The third-order valence-corrected chi connectivity index (χ3v) is 3.13. The smallest absolute Gasteiger partial charge is 0.0726 e. The maximum atomic E-state index is 5.35. The molecule has 4 heteroatoms. The standard InChI is InChI=1S/C14H17N3O/c1-11-10-14(16-17-6-8-18-9-7-17)12-4-2-3-5-13(12)15-11/h2-5,10H,6-9H2,1H3,(H,15,16). The van der Waals surface area contributed by atoms with Gasteiger partial charge >= 0.3 is 0 Å². The molecule has 94 valence electrons. The van der Waals surface area contributed by atoms with E-state index in [1.165, 1.54) is 0 Å². The molecular weight excluding hydrogens is 226 g/mol. The van der Waals surface area contributed by atoms with Gasteiger partial charge in [-0.3, -0.25) is 4.98 Å². The first-order valence-electron chi connectivity index (χ1n) is 6.29. The fraction of sp³-hybridized carbons (Fsp3) is 0.357. The van der Waals surface area contributed by atoms with Crippen molar-refractivity contribution in [2.45, 2.75) is 6.92 Å². The lowest BCUT2D eigenvalue weighted by atomic mass is 10.1. The zero-order valence-electron chi connectivity index (χ0n) is 10.5. The van der Waals surface area contributed by atoms with Crippen molar-refractivity contribution < 1.29 is 4.74 Å². The molecule has 0 bridgehead atoms. The van der Waals surface area contributed by atoms with Gasteiger partial charge < -0.3 is 10.2 Å². The average Bonchev–Trinajstić information content (AvgIpc) is 2.40. The Morgan fingerprint density at radius 1 is 1.22 bits per heavy atom. The molecule has 0 amide bonds. The van der Waals surface area contributed by atoms with Crippen LogP contribution in [0.5, 0.6) is 0 Å². The molecule has 2 aromatic rings. The van der Waals surface area contributed by atoms with Crippen LogP contribution in [0, 0.1) is 6.92 Å². The van der Waals surface area contributed by atoms with E-state index in [0.717, 1.165) is 48.6 Å². The van der Waals surface area contributed by atoms with E-state index in [1.807, 2.05) is 25.1 Å².